The second kappa shape index (κ2) is 4.30. The van der Waals surface area contributed by atoms with Gasteiger partial charge in [0.15, 0.2) is 5.71 Å². The fraction of sp³-hybridized carbons (Fsp3) is 0. The van der Waals surface area contributed by atoms with Gasteiger partial charge in [-0.2, -0.15) is 0 Å². The second-order valence-electron chi connectivity index (χ2n) is 2.47. The topological polar surface area (TPSA) is 75.7 Å². The van der Waals surface area contributed by atoms with E-state index in [1.54, 1.807) is 0 Å². The van der Waals surface area contributed by atoms with Crippen molar-refractivity contribution in [1.82, 2.24) is 0 Å². The second-order valence-corrected chi connectivity index (χ2v) is 3.34. The minimum atomic E-state index is -0.856. The van der Waals surface area contributed by atoms with Crippen molar-refractivity contribution in [1.29, 1.82) is 0 Å². The molecule has 0 saturated carbocycles. The van der Waals surface area contributed by atoms with Gasteiger partial charge >= 0.3 is 0 Å². The predicted octanol–water partition coefficient (Wildman–Crippen LogP) is 1.66. The lowest BCUT2D eigenvalue weighted by atomic mass is 10.1. The van der Waals surface area contributed by atoms with E-state index in [2.05, 4.69) is 5.16 Å². The number of primary amides is 1. The van der Waals surface area contributed by atoms with Crippen molar-refractivity contribution >= 4 is 34.8 Å². The number of rotatable bonds is 2. The van der Waals surface area contributed by atoms with Crippen LogP contribution in [0, 0.1) is 0 Å². The van der Waals surface area contributed by atoms with Gasteiger partial charge in [0.2, 0.25) is 0 Å². The van der Waals surface area contributed by atoms with Crippen molar-refractivity contribution < 1.29 is 10.0 Å². The molecule has 14 heavy (non-hydrogen) atoms. The zero-order valence-electron chi connectivity index (χ0n) is 6.87. The van der Waals surface area contributed by atoms with Crippen molar-refractivity contribution in [3.05, 3.63) is 33.8 Å². The Kier molecular flexibility index (Phi) is 3.33. The first kappa shape index (κ1) is 10.8. The molecule has 1 amide bonds. The summed E-state index contributed by atoms with van der Waals surface area (Å²) in [6.45, 7) is 0. The molecule has 74 valence electrons. The van der Waals surface area contributed by atoms with Crippen molar-refractivity contribution in [2.45, 2.75) is 0 Å². The molecule has 1 aromatic carbocycles. The summed E-state index contributed by atoms with van der Waals surface area (Å²) in [5, 5.41) is 12.0. The van der Waals surface area contributed by atoms with Gasteiger partial charge in [0.1, 0.15) is 0 Å². The number of benzene rings is 1. The number of halogens is 2. The number of oxime groups is 1. The Hall–Kier alpha value is -1.26. The molecule has 0 aliphatic heterocycles. The third-order valence-electron chi connectivity index (χ3n) is 1.47. The molecule has 0 fully saturated rings. The average molecular weight is 233 g/mol. The number of hydrogen-bond donors (Lipinski definition) is 2. The average Bonchev–Trinajstić information content (AvgIpc) is 2.02. The highest BCUT2D eigenvalue weighted by atomic mass is 35.5. The van der Waals surface area contributed by atoms with Crippen LogP contribution < -0.4 is 5.73 Å². The molecule has 0 aromatic heterocycles. The molecule has 1 aromatic rings. The Morgan fingerprint density at radius 1 is 1.29 bits per heavy atom. The fourth-order valence-electron chi connectivity index (χ4n) is 0.940. The highest BCUT2D eigenvalue weighted by Crippen LogP contribution is 2.19. The fourth-order valence-corrected chi connectivity index (χ4v) is 1.47. The number of nitrogens with two attached hydrogens (primary N) is 1. The summed E-state index contributed by atoms with van der Waals surface area (Å²) in [5.41, 5.74) is 4.96. The maximum Gasteiger partial charge on any atom is 0.271 e. The number of carbonyl (C=O) groups excluding carboxylic acids is 1. The lowest BCUT2D eigenvalue weighted by molar-refractivity contribution is -0.112. The van der Waals surface area contributed by atoms with Crippen LogP contribution in [-0.2, 0) is 4.79 Å². The van der Waals surface area contributed by atoms with E-state index in [9.17, 15) is 4.79 Å². The van der Waals surface area contributed by atoms with Gasteiger partial charge in [-0.05, 0) is 18.2 Å². The molecular formula is C8H6Cl2N2O2. The van der Waals surface area contributed by atoms with E-state index in [1.165, 1.54) is 18.2 Å². The van der Waals surface area contributed by atoms with Crippen molar-refractivity contribution in [3.8, 4) is 0 Å². The summed E-state index contributed by atoms with van der Waals surface area (Å²) in [5.74, 6) is -0.856. The van der Waals surface area contributed by atoms with Gasteiger partial charge in [-0.25, -0.2) is 0 Å². The highest BCUT2D eigenvalue weighted by Gasteiger charge is 2.12. The van der Waals surface area contributed by atoms with Crippen LogP contribution in [0.25, 0.3) is 0 Å². The summed E-state index contributed by atoms with van der Waals surface area (Å²) >= 11 is 11.4. The Morgan fingerprint density at radius 2 is 1.79 bits per heavy atom. The minimum Gasteiger partial charge on any atom is -0.410 e. The summed E-state index contributed by atoms with van der Waals surface area (Å²) in [6.07, 6.45) is 0. The first-order valence-corrected chi connectivity index (χ1v) is 4.28. The number of nitrogens with zero attached hydrogens (tertiary/aromatic N) is 1. The molecular weight excluding hydrogens is 227 g/mol. The molecule has 1 rings (SSSR count). The van der Waals surface area contributed by atoms with Crippen LogP contribution in [0.4, 0.5) is 0 Å². The van der Waals surface area contributed by atoms with Crippen LogP contribution >= 0.6 is 23.2 Å². The largest absolute Gasteiger partial charge is 0.410 e. The molecule has 0 spiro atoms. The predicted molar refractivity (Wildman–Crippen MR) is 54.0 cm³/mol. The van der Waals surface area contributed by atoms with Crippen LogP contribution in [0.2, 0.25) is 10.0 Å². The Bertz CT molecular complexity index is 384. The zero-order chi connectivity index (χ0) is 10.7. The van der Waals surface area contributed by atoms with Crippen molar-refractivity contribution in [2.24, 2.45) is 10.9 Å². The van der Waals surface area contributed by atoms with Crippen LogP contribution in [0.5, 0.6) is 0 Å². The van der Waals surface area contributed by atoms with E-state index >= 15 is 0 Å². The van der Waals surface area contributed by atoms with Crippen molar-refractivity contribution in [2.75, 3.05) is 0 Å². The zero-order valence-corrected chi connectivity index (χ0v) is 8.38. The normalized spacial score (nSPS) is 11.4. The molecule has 0 bridgehead atoms. The maximum atomic E-state index is 10.8. The minimum absolute atomic E-state index is 0.275. The highest BCUT2D eigenvalue weighted by molar-refractivity contribution is 6.45. The third kappa shape index (κ3) is 2.37. The molecule has 0 radical (unpaired) electrons. The Labute approximate surface area is 89.9 Å². The summed E-state index contributed by atoms with van der Waals surface area (Å²) in [6, 6.07) is 4.34. The lowest BCUT2D eigenvalue weighted by Gasteiger charge is -2.01. The third-order valence-corrected chi connectivity index (χ3v) is 1.91. The molecule has 0 heterocycles. The first-order chi connectivity index (χ1) is 6.54. The molecule has 0 atom stereocenters. The van der Waals surface area contributed by atoms with E-state index in [1.807, 2.05) is 0 Å². The first-order valence-electron chi connectivity index (χ1n) is 3.53. The lowest BCUT2D eigenvalue weighted by Crippen LogP contribution is -2.24. The Morgan fingerprint density at radius 3 is 2.14 bits per heavy atom. The SMILES string of the molecule is NC(=O)/C(=N\O)c1cc(Cl)cc(Cl)c1. The molecule has 0 aliphatic carbocycles. The van der Waals surface area contributed by atoms with Gasteiger partial charge in [0.25, 0.3) is 5.91 Å². The van der Waals surface area contributed by atoms with Gasteiger partial charge in [-0.15, -0.1) is 0 Å². The monoisotopic (exact) mass is 232 g/mol. The quantitative estimate of drug-likeness (QED) is 0.463. The van der Waals surface area contributed by atoms with Gasteiger partial charge in [0, 0.05) is 15.6 Å². The molecule has 0 unspecified atom stereocenters. The van der Waals surface area contributed by atoms with E-state index < -0.39 is 5.91 Å². The number of carbonyl (C=O) groups is 1. The molecule has 0 saturated heterocycles. The van der Waals surface area contributed by atoms with Gasteiger partial charge < -0.3 is 10.9 Å². The standard InChI is InChI=1S/C8H6Cl2N2O2/c9-5-1-4(2-6(10)3-5)7(12-14)8(11)13/h1-3,14H,(H2,11,13)/b12-7-. The van der Waals surface area contributed by atoms with E-state index in [4.69, 9.17) is 34.1 Å². The molecule has 4 nitrogen and oxygen atoms in total. The maximum absolute atomic E-state index is 10.8. The van der Waals surface area contributed by atoms with E-state index in [0.29, 0.717) is 10.0 Å². The van der Waals surface area contributed by atoms with Gasteiger partial charge in [-0.1, -0.05) is 28.4 Å². The molecule has 3 N–H and O–H groups in total. The van der Waals surface area contributed by atoms with Gasteiger partial charge in [0.05, 0.1) is 0 Å². The number of amides is 1. The Balaban J connectivity index is 3.24. The summed E-state index contributed by atoms with van der Waals surface area (Å²) in [7, 11) is 0. The van der Waals surface area contributed by atoms with Crippen LogP contribution in [0.1, 0.15) is 5.56 Å². The van der Waals surface area contributed by atoms with Crippen LogP contribution in [-0.4, -0.2) is 16.8 Å². The van der Waals surface area contributed by atoms with Crippen molar-refractivity contribution in [3.63, 3.8) is 0 Å². The van der Waals surface area contributed by atoms with E-state index in [-0.39, 0.29) is 11.3 Å². The van der Waals surface area contributed by atoms with E-state index in [0.717, 1.165) is 0 Å². The van der Waals surface area contributed by atoms with Crippen LogP contribution in [0.3, 0.4) is 0 Å². The summed E-state index contributed by atoms with van der Waals surface area (Å²) < 4.78 is 0. The number of hydrogen-bond acceptors (Lipinski definition) is 3. The van der Waals surface area contributed by atoms with Crippen LogP contribution in [0.15, 0.2) is 23.4 Å². The molecule has 6 heteroatoms. The summed E-state index contributed by atoms with van der Waals surface area (Å²) in [4.78, 5) is 10.8. The molecule has 0 aliphatic rings. The smallest absolute Gasteiger partial charge is 0.271 e. The van der Waals surface area contributed by atoms with Gasteiger partial charge in [-0.3, -0.25) is 4.79 Å².